The quantitative estimate of drug-likeness (QED) is 0.324. The number of hydrogen-bond acceptors (Lipinski definition) is 4. The Hall–Kier alpha value is -2.16. The van der Waals surface area contributed by atoms with Crippen LogP contribution in [0.3, 0.4) is 0 Å². The first-order chi connectivity index (χ1) is 13.6. The highest BCUT2D eigenvalue weighted by Gasteiger charge is 2.39. The molecule has 0 radical (unpaired) electrons. The van der Waals surface area contributed by atoms with Crippen molar-refractivity contribution in [2.45, 2.75) is 32.2 Å². The van der Waals surface area contributed by atoms with Crippen LogP contribution in [0.5, 0.6) is 17.2 Å². The minimum atomic E-state index is 0. The molecule has 0 aliphatic heterocycles. The number of nitrogens with zero attached hydrogens (tertiary/aromatic N) is 1. The van der Waals surface area contributed by atoms with Crippen LogP contribution in [-0.4, -0.2) is 39.9 Å². The Morgan fingerprint density at radius 2 is 1.72 bits per heavy atom. The highest BCUT2D eigenvalue weighted by atomic mass is 127. The van der Waals surface area contributed by atoms with E-state index < -0.39 is 0 Å². The first-order valence-electron chi connectivity index (χ1n) is 9.54. The normalized spacial score (nSPS) is 17.8. The lowest BCUT2D eigenvalue weighted by molar-refractivity contribution is 0.324. The monoisotopic (exact) mass is 511 g/mol. The Labute approximate surface area is 190 Å². The number of rotatable bonds is 7. The lowest BCUT2D eigenvalue weighted by Crippen LogP contribution is -2.33. The minimum absolute atomic E-state index is 0. The van der Waals surface area contributed by atoms with Gasteiger partial charge >= 0.3 is 0 Å². The van der Waals surface area contributed by atoms with E-state index in [9.17, 15) is 0 Å². The second-order valence-corrected chi connectivity index (χ2v) is 6.81. The molecule has 0 heterocycles. The number of benzene rings is 2. The van der Waals surface area contributed by atoms with E-state index in [-0.39, 0.29) is 24.0 Å². The van der Waals surface area contributed by atoms with Gasteiger partial charge < -0.3 is 24.8 Å². The van der Waals surface area contributed by atoms with E-state index in [4.69, 9.17) is 14.2 Å². The van der Waals surface area contributed by atoms with E-state index in [0.29, 0.717) is 35.8 Å². The zero-order chi connectivity index (χ0) is 20.1. The van der Waals surface area contributed by atoms with Crippen LogP contribution in [0.2, 0.25) is 0 Å². The van der Waals surface area contributed by atoms with Crippen LogP contribution in [0, 0.1) is 6.92 Å². The fourth-order valence-corrected chi connectivity index (χ4v) is 3.45. The maximum Gasteiger partial charge on any atom is 0.203 e. The number of methoxy groups -OCH3 is 3. The molecule has 0 bridgehead atoms. The van der Waals surface area contributed by atoms with Crippen LogP contribution in [0.1, 0.15) is 30.4 Å². The van der Waals surface area contributed by atoms with Gasteiger partial charge in [-0.15, -0.1) is 24.0 Å². The number of guanidine groups is 1. The second kappa shape index (κ2) is 10.6. The van der Waals surface area contributed by atoms with Gasteiger partial charge in [-0.05, 0) is 31.4 Å². The van der Waals surface area contributed by atoms with E-state index in [2.05, 4.69) is 46.8 Å². The van der Waals surface area contributed by atoms with Crippen LogP contribution in [0.15, 0.2) is 41.4 Å². The molecule has 7 heteroatoms. The minimum Gasteiger partial charge on any atom is -0.493 e. The van der Waals surface area contributed by atoms with Crippen LogP contribution >= 0.6 is 24.0 Å². The van der Waals surface area contributed by atoms with Gasteiger partial charge in [0.05, 0.1) is 21.3 Å². The number of aliphatic imine (C=N–C) groups is 1. The predicted octanol–water partition coefficient (Wildman–Crippen LogP) is 4.57. The van der Waals surface area contributed by atoms with Crippen molar-refractivity contribution in [3.63, 3.8) is 0 Å². The lowest BCUT2D eigenvalue weighted by Gasteiger charge is -2.17. The number of nitrogens with one attached hydrogen (secondary N) is 2. The zero-order valence-corrected chi connectivity index (χ0v) is 19.9. The first kappa shape index (κ1) is 23.1. The summed E-state index contributed by atoms with van der Waals surface area (Å²) in [4.78, 5) is 4.59. The van der Waals surface area contributed by atoms with Crippen molar-refractivity contribution >= 4 is 35.6 Å². The van der Waals surface area contributed by atoms with Crippen molar-refractivity contribution < 1.29 is 14.2 Å². The fraction of sp³-hybridized carbons (Fsp3) is 0.409. The summed E-state index contributed by atoms with van der Waals surface area (Å²) in [5.74, 6) is 3.04. The number of anilines is 1. The molecule has 2 atom stereocenters. The van der Waals surface area contributed by atoms with Crippen LogP contribution < -0.4 is 24.8 Å². The molecular formula is C22H30IN3O3. The highest BCUT2D eigenvalue weighted by Crippen LogP contribution is 2.42. The number of halogens is 1. The highest BCUT2D eigenvalue weighted by molar-refractivity contribution is 14.0. The number of aryl methyl sites for hydroxylation is 1. The molecule has 2 N–H and O–H groups in total. The fourth-order valence-electron chi connectivity index (χ4n) is 3.45. The van der Waals surface area contributed by atoms with E-state index in [1.54, 1.807) is 21.3 Å². The van der Waals surface area contributed by atoms with Gasteiger partial charge in [0, 0.05) is 36.3 Å². The Kier molecular flexibility index (Phi) is 8.43. The molecule has 0 aromatic heterocycles. The number of ether oxygens (including phenoxy) is 3. The largest absolute Gasteiger partial charge is 0.493 e. The Morgan fingerprint density at radius 1 is 1.07 bits per heavy atom. The molecule has 2 aromatic rings. The van der Waals surface area contributed by atoms with Gasteiger partial charge in [0.1, 0.15) is 0 Å². The van der Waals surface area contributed by atoms with Gasteiger partial charge in [0.15, 0.2) is 17.5 Å². The van der Waals surface area contributed by atoms with Gasteiger partial charge in [-0.25, -0.2) is 0 Å². The van der Waals surface area contributed by atoms with Gasteiger partial charge in [0.25, 0.3) is 0 Å². The van der Waals surface area contributed by atoms with E-state index in [1.165, 1.54) is 11.1 Å². The van der Waals surface area contributed by atoms with E-state index in [1.807, 2.05) is 19.1 Å². The third-order valence-electron chi connectivity index (χ3n) is 4.94. The third kappa shape index (κ3) is 5.46. The zero-order valence-electron chi connectivity index (χ0n) is 17.6. The molecule has 1 saturated carbocycles. The Bertz CT molecular complexity index is 832. The smallest absolute Gasteiger partial charge is 0.203 e. The third-order valence-corrected chi connectivity index (χ3v) is 4.94. The molecule has 2 unspecified atom stereocenters. The first-order valence-corrected chi connectivity index (χ1v) is 9.54. The molecule has 6 nitrogen and oxygen atoms in total. The summed E-state index contributed by atoms with van der Waals surface area (Å²) in [6.45, 7) is 4.87. The SMILES string of the molecule is CCN=C(Nc1cc(OC)c(OC)c(OC)c1)NC1CC1c1ccccc1C.I. The maximum absolute atomic E-state index is 5.44. The van der Waals surface area contributed by atoms with Gasteiger partial charge in [-0.3, -0.25) is 4.99 Å². The predicted molar refractivity (Wildman–Crippen MR) is 129 cm³/mol. The molecule has 0 saturated heterocycles. The molecule has 0 amide bonds. The summed E-state index contributed by atoms with van der Waals surface area (Å²) < 4.78 is 16.3. The standard InChI is InChI=1S/C22H29N3O3.HI/c1-6-23-22(25-18-13-17(18)16-10-8-7-9-14(16)2)24-15-11-19(26-3)21(28-5)20(12-15)27-4;/h7-12,17-18H,6,13H2,1-5H3,(H2,23,24,25);1H. The topological polar surface area (TPSA) is 64.1 Å². The summed E-state index contributed by atoms with van der Waals surface area (Å²) >= 11 is 0. The Balaban J connectivity index is 0.00000300. The van der Waals surface area contributed by atoms with Crippen molar-refractivity contribution in [1.82, 2.24) is 5.32 Å². The molecule has 29 heavy (non-hydrogen) atoms. The van der Waals surface area contributed by atoms with Gasteiger partial charge in [-0.2, -0.15) is 0 Å². The maximum atomic E-state index is 5.44. The van der Waals surface area contributed by atoms with Gasteiger partial charge in [0.2, 0.25) is 5.75 Å². The second-order valence-electron chi connectivity index (χ2n) is 6.81. The van der Waals surface area contributed by atoms with Crippen molar-refractivity contribution in [2.75, 3.05) is 33.2 Å². The lowest BCUT2D eigenvalue weighted by atomic mass is 10.0. The average molecular weight is 511 g/mol. The summed E-state index contributed by atoms with van der Waals surface area (Å²) in [6.07, 6.45) is 1.10. The van der Waals surface area contributed by atoms with Crippen LogP contribution in [-0.2, 0) is 0 Å². The van der Waals surface area contributed by atoms with E-state index >= 15 is 0 Å². The molecule has 3 rings (SSSR count). The molecule has 0 spiro atoms. The van der Waals surface area contributed by atoms with Crippen LogP contribution in [0.25, 0.3) is 0 Å². The van der Waals surface area contributed by atoms with Crippen LogP contribution in [0.4, 0.5) is 5.69 Å². The summed E-state index contributed by atoms with van der Waals surface area (Å²) in [5, 5.41) is 6.91. The molecule has 1 aliphatic carbocycles. The summed E-state index contributed by atoms with van der Waals surface area (Å²) in [6, 6.07) is 12.7. The molecule has 1 aliphatic rings. The van der Waals surface area contributed by atoms with Crippen molar-refractivity contribution in [2.24, 2.45) is 4.99 Å². The Morgan fingerprint density at radius 3 is 2.28 bits per heavy atom. The molecule has 2 aromatic carbocycles. The average Bonchev–Trinajstić information content (AvgIpc) is 3.46. The van der Waals surface area contributed by atoms with E-state index in [0.717, 1.165) is 18.1 Å². The molecule has 158 valence electrons. The number of hydrogen-bond donors (Lipinski definition) is 2. The molecular weight excluding hydrogens is 481 g/mol. The van der Waals surface area contributed by atoms with Gasteiger partial charge in [-0.1, -0.05) is 24.3 Å². The summed E-state index contributed by atoms with van der Waals surface area (Å²) in [7, 11) is 4.81. The molecule has 1 fully saturated rings. The van der Waals surface area contributed by atoms with Crippen molar-refractivity contribution in [3.8, 4) is 17.2 Å². The van der Waals surface area contributed by atoms with Crippen molar-refractivity contribution in [3.05, 3.63) is 47.5 Å². The van der Waals surface area contributed by atoms with Crippen molar-refractivity contribution in [1.29, 1.82) is 0 Å². The summed E-state index contributed by atoms with van der Waals surface area (Å²) in [5.41, 5.74) is 3.56.